The Kier molecular flexibility index (Phi) is 5.13. The van der Waals surface area contributed by atoms with Crippen molar-refractivity contribution in [3.63, 3.8) is 0 Å². The third-order valence-corrected chi connectivity index (χ3v) is 6.53. The molecule has 0 fully saturated rings. The summed E-state index contributed by atoms with van der Waals surface area (Å²) >= 11 is 3.22. The molecule has 0 spiro atoms. The molecule has 0 amide bonds. The van der Waals surface area contributed by atoms with Crippen molar-refractivity contribution in [1.82, 2.24) is 9.97 Å². The maximum atomic E-state index is 11.0. The average molecular weight is 366 g/mol. The molecule has 0 saturated heterocycles. The Morgan fingerprint density at radius 2 is 2.25 bits per heavy atom. The van der Waals surface area contributed by atoms with Gasteiger partial charge in [0.15, 0.2) is 5.16 Å². The Balaban J connectivity index is 1.84. The molecule has 0 aliphatic carbocycles. The van der Waals surface area contributed by atoms with Crippen LogP contribution in [-0.2, 0) is 22.6 Å². The lowest BCUT2D eigenvalue weighted by Crippen LogP contribution is -2.33. The van der Waals surface area contributed by atoms with E-state index in [1.165, 1.54) is 10.4 Å². The predicted octanol–water partition coefficient (Wildman–Crippen LogP) is 3.98. The normalized spacial score (nSPS) is 20.3. The van der Waals surface area contributed by atoms with E-state index in [1.807, 2.05) is 0 Å². The summed E-state index contributed by atoms with van der Waals surface area (Å²) in [5.74, 6) is 1.61. The molecular weight excluding hydrogens is 342 g/mol. The Morgan fingerprint density at radius 1 is 1.46 bits per heavy atom. The van der Waals surface area contributed by atoms with Crippen LogP contribution in [0.15, 0.2) is 5.16 Å². The topological polar surface area (TPSA) is 78.1 Å². The summed E-state index contributed by atoms with van der Waals surface area (Å²) in [6, 6.07) is 0. The van der Waals surface area contributed by atoms with Crippen LogP contribution in [-0.4, -0.2) is 27.1 Å². The van der Waals surface area contributed by atoms with Gasteiger partial charge in [-0.1, -0.05) is 18.7 Å². The number of nitrogens with zero attached hydrogens (tertiary/aromatic N) is 2. The minimum Gasteiger partial charge on any atom is -0.383 e. The third kappa shape index (κ3) is 3.58. The molecule has 0 radical (unpaired) electrons. The number of fused-ring (bicyclic) bond motifs is 3. The maximum Gasteiger partial charge on any atom is 0.190 e. The fourth-order valence-electron chi connectivity index (χ4n) is 2.86. The first-order valence-electron chi connectivity index (χ1n) is 8.26. The van der Waals surface area contributed by atoms with Crippen molar-refractivity contribution in [2.75, 3.05) is 11.5 Å². The number of anilines is 1. The SMILES string of the molecule is CC[C@@]1(C)Cc2c(sc3nc(SCCCC(C)=O)nc(N)c23)CO1. The molecule has 0 aromatic carbocycles. The Morgan fingerprint density at radius 3 is 2.96 bits per heavy atom. The van der Waals surface area contributed by atoms with Gasteiger partial charge < -0.3 is 15.3 Å². The highest BCUT2D eigenvalue weighted by Crippen LogP contribution is 2.41. The molecule has 2 N–H and O–H groups in total. The summed E-state index contributed by atoms with van der Waals surface area (Å²) in [4.78, 5) is 22.3. The standard InChI is InChI=1S/C17H23N3O2S2/c1-4-17(3)8-11-12(9-22-17)24-15-13(11)14(18)19-16(20-15)23-7-5-6-10(2)21/h4-9H2,1-3H3,(H2,18,19,20)/t17-/m0/s1. The van der Waals surface area contributed by atoms with E-state index in [2.05, 4.69) is 23.8 Å². The number of rotatable bonds is 6. The van der Waals surface area contributed by atoms with Gasteiger partial charge in [0.05, 0.1) is 17.6 Å². The molecule has 0 unspecified atom stereocenters. The minimum atomic E-state index is -0.131. The molecule has 5 nitrogen and oxygen atoms in total. The van der Waals surface area contributed by atoms with Crippen molar-refractivity contribution in [2.45, 2.75) is 63.8 Å². The van der Waals surface area contributed by atoms with Crippen LogP contribution in [0.1, 0.15) is 50.5 Å². The van der Waals surface area contributed by atoms with E-state index in [-0.39, 0.29) is 11.4 Å². The molecule has 1 aliphatic heterocycles. The zero-order valence-corrected chi connectivity index (χ0v) is 16.0. The van der Waals surface area contributed by atoms with Crippen LogP contribution in [0.3, 0.4) is 0 Å². The van der Waals surface area contributed by atoms with Crippen molar-refractivity contribution >= 4 is 44.9 Å². The van der Waals surface area contributed by atoms with E-state index >= 15 is 0 Å². The van der Waals surface area contributed by atoms with Gasteiger partial charge in [0, 0.05) is 23.5 Å². The fraction of sp³-hybridized carbons (Fsp3) is 0.588. The highest BCUT2D eigenvalue weighted by Gasteiger charge is 2.32. The molecule has 0 saturated carbocycles. The Bertz CT molecular complexity index is 775. The average Bonchev–Trinajstić information content (AvgIpc) is 2.89. The lowest BCUT2D eigenvalue weighted by atomic mass is 9.90. The van der Waals surface area contributed by atoms with Crippen LogP contribution in [0.5, 0.6) is 0 Å². The summed E-state index contributed by atoms with van der Waals surface area (Å²) in [6.07, 6.45) is 3.27. The molecule has 3 heterocycles. The first-order valence-corrected chi connectivity index (χ1v) is 10.1. The van der Waals surface area contributed by atoms with Gasteiger partial charge in [-0.25, -0.2) is 9.97 Å². The molecule has 2 aromatic rings. The number of Topliss-reactive ketones (excluding diaryl/α,β-unsaturated/α-hetero) is 1. The molecule has 1 atom stereocenters. The fourth-order valence-corrected chi connectivity index (χ4v) is 4.81. The van der Waals surface area contributed by atoms with E-state index in [9.17, 15) is 4.79 Å². The number of carbonyl (C=O) groups excluding carboxylic acids is 1. The van der Waals surface area contributed by atoms with Crippen LogP contribution in [0.25, 0.3) is 10.2 Å². The van der Waals surface area contributed by atoms with Crippen molar-refractivity contribution in [2.24, 2.45) is 0 Å². The number of nitrogen functional groups attached to an aromatic ring is 1. The summed E-state index contributed by atoms with van der Waals surface area (Å²) in [5, 5.41) is 1.70. The number of ketones is 1. The second-order valence-electron chi connectivity index (χ2n) is 6.50. The van der Waals surface area contributed by atoms with E-state index < -0.39 is 0 Å². The Hall–Kier alpha value is -1.18. The lowest BCUT2D eigenvalue weighted by Gasteiger charge is -2.33. The van der Waals surface area contributed by atoms with E-state index in [4.69, 9.17) is 10.5 Å². The second kappa shape index (κ2) is 6.98. The second-order valence-corrected chi connectivity index (χ2v) is 8.64. The summed E-state index contributed by atoms with van der Waals surface area (Å²) in [6.45, 7) is 6.54. The number of hydrogen-bond acceptors (Lipinski definition) is 7. The molecule has 3 rings (SSSR count). The third-order valence-electron chi connectivity index (χ3n) is 4.50. The van der Waals surface area contributed by atoms with Crippen molar-refractivity contribution in [3.05, 3.63) is 10.4 Å². The highest BCUT2D eigenvalue weighted by molar-refractivity contribution is 7.99. The van der Waals surface area contributed by atoms with Gasteiger partial charge in [-0.05, 0) is 32.3 Å². The molecule has 1 aliphatic rings. The number of ether oxygens (including phenoxy) is 1. The largest absolute Gasteiger partial charge is 0.383 e. The number of nitrogens with two attached hydrogens (primary N) is 1. The van der Waals surface area contributed by atoms with Crippen LogP contribution in [0, 0.1) is 0 Å². The van der Waals surface area contributed by atoms with Crippen LogP contribution < -0.4 is 5.73 Å². The number of thioether (sulfide) groups is 1. The van der Waals surface area contributed by atoms with Gasteiger partial charge in [-0.2, -0.15) is 0 Å². The molecule has 7 heteroatoms. The number of thiophene rings is 1. The van der Waals surface area contributed by atoms with Crippen molar-refractivity contribution in [1.29, 1.82) is 0 Å². The maximum absolute atomic E-state index is 11.0. The van der Waals surface area contributed by atoms with Gasteiger partial charge in [-0.3, -0.25) is 0 Å². The highest BCUT2D eigenvalue weighted by atomic mass is 32.2. The molecule has 0 bridgehead atoms. The molecule has 2 aromatic heterocycles. The van der Waals surface area contributed by atoms with E-state index in [0.717, 1.165) is 35.2 Å². The Labute approximate surface area is 150 Å². The van der Waals surface area contributed by atoms with Crippen LogP contribution in [0.2, 0.25) is 0 Å². The zero-order valence-electron chi connectivity index (χ0n) is 14.3. The first kappa shape index (κ1) is 17.6. The number of hydrogen-bond donors (Lipinski definition) is 1. The first-order chi connectivity index (χ1) is 11.4. The number of aromatic nitrogens is 2. The quantitative estimate of drug-likeness (QED) is 0.474. The number of carbonyl (C=O) groups is 1. The monoisotopic (exact) mass is 365 g/mol. The van der Waals surface area contributed by atoms with Crippen LogP contribution in [0.4, 0.5) is 5.82 Å². The van der Waals surface area contributed by atoms with Gasteiger partial charge in [0.2, 0.25) is 0 Å². The molecule has 24 heavy (non-hydrogen) atoms. The lowest BCUT2D eigenvalue weighted by molar-refractivity contribution is -0.117. The van der Waals surface area contributed by atoms with Gasteiger partial charge >= 0.3 is 0 Å². The zero-order chi connectivity index (χ0) is 17.3. The van der Waals surface area contributed by atoms with Crippen molar-refractivity contribution < 1.29 is 9.53 Å². The van der Waals surface area contributed by atoms with Gasteiger partial charge in [0.1, 0.15) is 16.4 Å². The van der Waals surface area contributed by atoms with Crippen LogP contribution >= 0.6 is 23.1 Å². The smallest absolute Gasteiger partial charge is 0.190 e. The summed E-state index contributed by atoms with van der Waals surface area (Å²) in [5.41, 5.74) is 7.38. The minimum absolute atomic E-state index is 0.131. The van der Waals surface area contributed by atoms with Gasteiger partial charge in [-0.15, -0.1) is 11.3 Å². The summed E-state index contributed by atoms with van der Waals surface area (Å²) in [7, 11) is 0. The summed E-state index contributed by atoms with van der Waals surface area (Å²) < 4.78 is 6.03. The van der Waals surface area contributed by atoms with Crippen molar-refractivity contribution in [3.8, 4) is 0 Å². The molecule has 130 valence electrons. The van der Waals surface area contributed by atoms with E-state index in [1.54, 1.807) is 30.0 Å². The predicted molar refractivity (Wildman–Crippen MR) is 99.7 cm³/mol. The molecular formula is C17H23N3O2S2. The van der Waals surface area contributed by atoms with Gasteiger partial charge in [0.25, 0.3) is 0 Å². The van der Waals surface area contributed by atoms with E-state index in [0.29, 0.717) is 24.0 Å².